The van der Waals surface area contributed by atoms with Crippen LogP contribution in [0.2, 0.25) is 0 Å². The Morgan fingerprint density at radius 3 is 2.77 bits per heavy atom. The molecule has 0 aliphatic heterocycles. The monoisotopic (exact) mass is 405 g/mol. The van der Waals surface area contributed by atoms with Gasteiger partial charge in [0, 0.05) is 17.1 Å². The number of hydrogen-bond donors (Lipinski definition) is 2. The van der Waals surface area contributed by atoms with Gasteiger partial charge < -0.3 is 10.1 Å². The summed E-state index contributed by atoms with van der Waals surface area (Å²) in [5, 5.41) is 12.5. The molecule has 2 heteroatoms. The molecule has 2 saturated carbocycles. The average Bonchev–Trinajstić information content (AvgIpc) is 3.11. The van der Waals surface area contributed by atoms with Crippen molar-refractivity contribution in [1.82, 2.24) is 4.98 Å². The Balaban J connectivity index is 1.65. The highest BCUT2D eigenvalue weighted by molar-refractivity contribution is 5.83. The molecular formula is C28H39NO. The van der Waals surface area contributed by atoms with Crippen LogP contribution in [0.15, 0.2) is 54.3 Å². The number of nitrogens with one attached hydrogen (secondary N) is 1. The number of aromatic nitrogens is 1. The maximum absolute atomic E-state index is 11.1. The second-order valence-corrected chi connectivity index (χ2v) is 10.8. The van der Waals surface area contributed by atoms with E-state index < -0.39 is 0 Å². The molecule has 1 aromatic heterocycles. The summed E-state index contributed by atoms with van der Waals surface area (Å²) < 4.78 is 0. The molecule has 0 bridgehead atoms. The molecule has 2 nitrogen and oxygen atoms in total. The molecular weight excluding hydrogens is 366 g/mol. The Morgan fingerprint density at radius 1 is 1.23 bits per heavy atom. The predicted molar refractivity (Wildman–Crippen MR) is 127 cm³/mol. The first-order valence-electron chi connectivity index (χ1n) is 11.8. The van der Waals surface area contributed by atoms with Gasteiger partial charge in [-0.05, 0) is 93.1 Å². The number of H-pyrrole nitrogens is 1. The number of benzene rings is 1. The molecule has 5 atom stereocenters. The van der Waals surface area contributed by atoms with Gasteiger partial charge in [0.15, 0.2) is 0 Å². The fourth-order valence-electron chi connectivity index (χ4n) is 6.89. The quantitative estimate of drug-likeness (QED) is 0.507. The number of fused-ring (bicyclic) bond motifs is 2. The van der Waals surface area contributed by atoms with Crippen molar-refractivity contribution in [2.75, 3.05) is 0 Å². The van der Waals surface area contributed by atoms with Gasteiger partial charge in [-0.2, -0.15) is 0 Å². The van der Waals surface area contributed by atoms with Gasteiger partial charge in [0.1, 0.15) is 0 Å². The third kappa shape index (κ3) is 3.58. The minimum Gasteiger partial charge on any atom is -0.393 e. The average molecular weight is 406 g/mol. The van der Waals surface area contributed by atoms with Crippen LogP contribution in [0.25, 0.3) is 10.9 Å². The van der Waals surface area contributed by atoms with Gasteiger partial charge in [0.25, 0.3) is 0 Å². The summed E-state index contributed by atoms with van der Waals surface area (Å²) in [6, 6.07) is 8.63. The smallest absolute Gasteiger partial charge is 0.0597 e. The fraction of sp³-hybridized carbons (Fsp3) is 0.571. The summed E-state index contributed by atoms with van der Waals surface area (Å²) in [5.74, 6) is 1.02. The van der Waals surface area contributed by atoms with E-state index in [2.05, 4.69) is 75.8 Å². The number of aliphatic hydroxyl groups is 1. The van der Waals surface area contributed by atoms with Crippen molar-refractivity contribution in [2.24, 2.45) is 22.7 Å². The van der Waals surface area contributed by atoms with Crippen LogP contribution in [-0.2, 0) is 6.42 Å². The van der Waals surface area contributed by atoms with Gasteiger partial charge in [-0.3, -0.25) is 0 Å². The van der Waals surface area contributed by atoms with E-state index in [0.29, 0.717) is 11.8 Å². The van der Waals surface area contributed by atoms with Gasteiger partial charge in [-0.1, -0.05) is 55.8 Å². The first-order valence-corrected chi connectivity index (χ1v) is 11.8. The molecule has 0 radical (unpaired) electrons. The Morgan fingerprint density at radius 2 is 2.00 bits per heavy atom. The molecule has 1 heterocycles. The summed E-state index contributed by atoms with van der Waals surface area (Å²) in [5.41, 5.74) is 5.62. The third-order valence-corrected chi connectivity index (χ3v) is 8.69. The standard InChI is InChI=1S/C28H39NO/c1-19(2)9-8-15-28(5)25-13-12-20(3)23(27(25,4)16-14-26(28)30)17-21-18-29-24-11-7-6-10-22(21)24/h6-7,9-11,18,23,25-26,29-30H,3,8,12-17H2,1-2,4-5H3/t23-,25-,26+,27-,28+/m1/s1. The molecule has 2 aromatic rings. The van der Waals surface area contributed by atoms with Crippen LogP contribution < -0.4 is 0 Å². The topological polar surface area (TPSA) is 36.0 Å². The summed E-state index contributed by atoms with van der Waals surface area (Å²) in [6.45, 7) is 13.8. The Hall–Kier alpha value is -1.80. The van der Waals surface area contributed by atoms with Crippen LogP contribution in [0, 0.1) is 22.7 Å². The van der Waals surface area contributed by atoms with Gasteiger partial charge in [-0.25, -0.2) is 0 Å². The van der Waals surface area contributed by atoms with E-state index in [4.69, 9.17) is 0 Å². The molecule has 2 aliphatic rings. The zero-order valence-electron chi connectivity index (χ0n) is 19.3. The maximum Gasteiger partial charge on any atom is 0.0597 e. The Kier molecular flexibility index (Phi) is 5.74. The van der Waals surface area contributed by atoms with Crippen LogP contribution >= 0.6 is 0 Å². The van der Waals surface area contributed by atoms with Crippen molar-refractivity contribution in [2.45, 2.75) is 78.7 Å². The van der Waals surface area contributed by atoms with Crippen molar-refractivity contribution in [3.05, 3.63) is 59.8 Å². The fourth-order valence-corrected chi connectivity index (χ4v) is 6.89. The van der Waals surface area contributed by atoms with Gasteiger partial charge >= 0.3 is 0 Å². The Labute approximate surface area is 182 Å². The van der Waals surface area contributed by atoms with Gasteiger partial charge in [0.05, 0.1) is 6.10 Å². The SMILES string of the molecule is C=C1CC[C@@H]2[C@](C)(CC[C@H](O)[C@@]2(C)CCC=C(C)C)[C@@H]1Cc1c[nH]c2ccccc12. The lowest BCUT2D eigenvalue weighted by molar-refractivity contribution is -0.136. The molecule has 4 rings (SSSR count). The lowest BCUT2D eigenvalue weighted by Gasteiger charge is -2.60. The lowest BCUT2D eigenvalue weighted by atomic mass is 9.45. The minimum atomic E-state index is -0.193. The highest BCUT2D eigenvalue weighted by Gasteiger charge is 2.57. The van der Waals surface area contributed by atoms with Crippen molar-refractivity contribution >= 4 is 10.9 Å². The summed E-state index contributed by atoms with van der Waals surface area (Å²) >= 11 is 0. The summed E-state index contributed by atoms with van der Waals surface area (Å²) in [7, 11) is 0. The minimum absolute atomic E-state index is 0.0158. The van der Waals surface area contributed by atoms with Gasteiger partial charge in [0.2, 0.25) is 0 Å². The van der Waals surface area contributed by atoms with Crippen molar-refractivity contribution in [1.29, 1.82) is 0 Å². The van der Waals surface area contributed by atoms with E-state index >= 15 is 0 Å². The van der Waals surface area contributed by atoms with Crippen LogP contribution in [0.1, 0.15) is 71.8 Å². The van der Waals surface area contributed by atoms with Gasteiger partial charge in [-0.15, -0.1) is 0 Å². The summed E-state index contributed by atoms with van der Waals surface area (Å²) in [4.78, 5) is 3.46. The van der Waals surface area contributed by atoms with E-state index in [1.165, 1.54) is 34.0 Å². The molecule has 2 fully saturated rings. The second-order valence-electron chi connectivity index (χ2n) is 10.8. The third-order valence-electron chi connectivity index (χ3n) is 8.69. The van der Waals surface area contributed by atoms with Crippen molar-refractivity contribution in [3.63, 3.8) is 0 Å². The van der Waals surface area contributed by atoms with Crippen LogP contribution in [0.4, 0.5) is 0 Å². The number of aliphatic hydroxyl groups excluding tert-OH is 1. The van der Waals surface area contributed by atoms with E-state index in [1.54, 1.807) is 0 Å². The first kappa shape index (κ1) is 21.4. The van der Waals surface area contributed by atoms with Crippen molar-refractivity contribution in [3.8, 4) is 0 Å². The molecule has 2 aliphatic carbocycles. The number of hydrogen-bond acceptors (Lipinski definition) is 1. The van der Waals surface area contributed by atoms with Crippen LogP contribution in [0.5, 0.6) is 0 Å². The highest BCUT2D eigenvalue weighted by Crippen LogP contribution is 2.62. The van der Waals surface area contributed by atoms with E-state index in [-0.39, 0.29) is 16.9 Å². The molecule has 30 heavy (non-hydrogen) atoms. The zero-order chi connectivity index (χ0) is 21.5. The molecule has 2 N–H and O–H groups in total. The van der Waals surface area contributed by atoms with E-state index in [9.17, 15) is 5.11 Å². The second kappa shape index (κ2) is 8.04. The maximum atomic E-state index is 11.1. The number of allylic oxidation sites excluding steroid dienone is 3. The van der Waals surface area contributed by atoms with Crippen LogP contribution in [0.3, 0.4) is 0 Å². The molecule has 162 valence electrons. The molecule has 1 aromatic carbocycles. The largest absolute Gasteiger partial charge is 0.393 e. The lowest BCUT2D eigenvalue weighted by Crippen LogP contribution is -2.56. The van der Waals surface area contributed by atoms with Crippen LogP contribution in [-0.4, -0.2) is 16.2 Å². The Bertz CT molecular complexity index is 948. The molecule has 0 saturated heterocycles. The number of aromatic amines is 1. The highest BCUT2D eigenvalue weighted by atomic mass is 16.3. The van der Waals surface area contributed by atoms with E-state index in [1.807, 2.05) is 0 Å². The normalized spacial score (nSPS) is 34.0. The molecule has 0 spiro atoms. The van der Waals surface area contributed by atoms with Crippen molar-refractivity contribution < 1.29 is 5.11 Å². The number of rotatable bonds is 5. The molecule has 0 amide bonds. The zero-order valence-corrected chi connectivity index (χ0v) is 19.3. The summed E-state index contributed by atoms with van der Waals surface area (Å²) in [6.07, 6.45) is 11.8. The first-order chi connectivity index (χ1) is 14.3. The predicted octanol–water partition coefficient (Wildman–Crippen LogP) is 7.21. The molecule has 0 unspecified atom stereocenters. The number of para-hydroxylation sites is 1. The van der Waals surface area contributed by atoms with E-state index in [0.717, 1.165) is 38.5 Å².